The molecule has 96 valence electrons. The van der Waals surface area contributed by atoms with E-state index in [4.69, 9.17) is 16.7 Å². The van der Waals surface area contributed by atoms with E-state index in [9.17, 15) is 8.42 Å². The number of nitrogens with zero attached hydrogens (tertiary/aromatic N) is 1. The summed E-state index contributed by atoms with van der Waals surface area (Å²) >= 11 is 7.03. The fourth-order valence-corrected chi connectivity index (χ4v) is 3.64. The normalized spacial score (nSPS) is 11.4. The zero-order valence-electron chi connectivity index (χ0n) is 9.00. The Balaban J connectivity index is 2.40. The van der Waals surface area contributed by atoms with Gasteiger partial charge >= 0.3 is 0 Å². The van der Waals surface area contributed by atoms with Gasteiger partial charge in [0.2, 0.25) is 0 Å². The van der Waals surface area contributed by atoms with Crippen molar-refractivity contribution in [1.82, 2.24) is 4.98 Å². The fraction of sp³-hybridized carbons (Fsp3) is 0.100. The first-order valence-corrected chi connectivity index (χ1v) is 7.58. The van der Waals surface area contributed by atoms with Gasteiger partial charge in [0.1, 0.15) is 4.90 Å². The van der Waals surface area contributed by atoms with Crippen molar-refractivity contribution < 1.29 is 13.5 Å². The minimum absolute atomic E-state index is 0.0779. The summed E-state index contributed by atoms with van der Waals surface area (Å²) < 4.78 is 26.5. The molecule has 0 aliphatic rings. The van der Waals surface area contributed by atoms with E-state index in [1.54, 1.807) is 11.4 Å². The summed E-state index contributed by atoms with van der Waals surface area (Å²) in [5.41, 5.74) is 0.471. The van der Waals surface area contributed by atoms with E-state index >= 15 is 0 Å². The van der Waals surface area contributed by atoms with Crippen molar-refractivity contribution in [3.05, 3.63) is 40.4 Å². The molecule has 0 saturated heterocycles. The number of hydrogen-bond acceptors (Lipinski definition) is 5. The number of rotatable bonds is 4. The predicted molar refractivity (Wildman–Crippen MR) is 70.3 cm³/mol. The summed E-state index contributed by atoms with van der Waals surface area (Å²) in [6.07, 6.45) is 1.49. The van der Waals surface area contributed by atoms with Crippen molar-refractivity contribution in [2.75, 3.05) is 4.72 Å². The van der Waals surface area contributed by atoms with E-state index in [2.05, 4.69) is 9.71 Å². The number of benzene rings is 1. The molecule has 0 aliphatic carbocycles. The molecular formula is C10H9ClN2O3S2. The van der Waals surface area contributed by atoms with E-state index in [1.165, 1.54) is 29.7 Å². The second-order valence-corrected chi connectivity index (χ2v) is 6.32. The van der Waals surface area contributed by atoms with Gasteiger partial charge in [0.15, 0.2) is 5.13 Å². The Bertz CT molecular complexity index is 641. The topological polar surface area (TPSA) is 79.3 Å². The first kappa shape index (κ1) is 13.3. The van der Waals surface area contributed by atoms with Crippen molar-refractivity contribution >= 4 is 38.1 Å². The van der Waals surface area contributed by atoms with Crippen LogP contribution in [0.2, 0.25) is 5.02 Å². The molecule has 0 atom stereocenters. The smallest absolute Gasteiger partial charge is 0.265 e. The second-order valence-electron chi connectivity index (χ2n) is 3.37. The van der Waals surface area contributed by atoms with E-state index in [-0.39, 0.29) is 21.7 Å². The van der Waals surface area contributed by atoms with Crippen LogP contribution in [-0.4, -0.2) is 18.5 Å². The number of aliphatic hydroxyl groups is 1. The number of aliphatic hydroxyl groups excluding tert-OH is 1. The highest BCUT2D eigenvalue weighted by atomic mass is 35.5. The molecule has 0 saturated carbocycles. The van der Waals surface area contributed by atoms with Crippen molar-refractivity contribution in [1.29, 1.82) is 0 Å². The highest BCUT2D eigenvalue weighted by molar-refractivity contribution is 7.93. The number of halogens is 1. The van der Waals surface area contributed by atoms with Crippen LogP contribution in [-0.2, 0) is 16.6 Å². The Morgan fingerprint density at radius 1 is 1.44 bits per heavy atom. The Labute approximate surface area is 113 Å². The predicted octanol–water partition coefficient (Wildman–Crippen LogP) is 2.09. The van der Waals surface area contributed by atoms with E-state index in [0.29, 0.717) is 5.56 Å². The van der Waals surface area contributed by atoms with Gasteiger partial charge in [-0.1, -0.05) is 17.7 Å². The number of anilines is 1. The van der Waals surface area contributed by atoms with Crippen LogP contribution >= 0.6 is 22.9 Å². The molecule has 2 N–H and O–H groups in total. The quantitative estimate of drug-likeness (QED) is 0.906. The summed E-state index contributed by atoms with van der Waals surface area (Å²) in [6, 6.07) is 4.33. The number of thiazole rings is 1. The fourth-order valence-electron chi connectivity index (χ4n) is 1.30. The van der Waals surface area contributed by atoms with Crippen molar-refractivity contribution in [3.63, 3.8) is 0 Å². The van der Waals surface area contributed by atoms with Gasteiger partial charge in [-0.25, -0.2) is 13.4 Å². The van der Waals surface area contributed by atoms with Crippen LogP contribution in [0.3, 0.4) is 0 Å². The van der Waals surface area contributed by atoms with E-state index < -0.39 is 10.0 Å². The van der Waals surface area contributed by atoms with Gasteiger partial charge in [0, 0.05) is 11.6 Å². The molecule has 0 aliphatic heterocycles. The summed E-state index contributed by atoms with van der Waals surface area (Å²) in [5.74, 6) is 0. The van der Waals surface area contributed by atoms with Gasteiger partial charge in [0.05, 0.1) is 11.6 Å². The molecule has 8 heteroatoms. The van der Waals surface area contributed by atoms with Crippen LogP contribution in [0, 0.1) is 0 Å². The molecule has 1 heterocycles. The molecule has 0 bridgehead atoms. The molecule has 1 aromatic carbocycles. The standard InChI is InChI=1S/C10H9ClN2O3S2/c11-8-2-1-7(6-14)5-9(8)18(15,16)13-10-12-3-4-17-10/h1-5,14H,6H2,(H,12,13). The lowest BCUT2D eigenvalue weighted by atomic mass is 10.2. The number of aromatic nitrogens is 1. The lowest BCUT2D eigenvalue weighted by molar-refractivity contribution is 0.281. The Morgan fingerprint density at radius 3 is 2.83 bits per heavy atom. The van der Waals surface area contributed by atoms with E-state index in [0.717, 1.165) is 0 Å². The third kappa shape index (κ3) is 2.81. The Kier molecular flexibility index (Phi) is 3.86. The molecule has 18 heavy (non-hydrogen) atoms. The van der Waals surface area contributed by atoms with Gasteiger partial charge in [-0.05, 0) is 17.7 Å². The minimum atomic E-state index is -3.79. The summed E-state index contributed by atoms with van der Waals surface area (Å²) in [5, 5.41) is 11.0. The zero-order chi connectivity index (χ0) is 13.2. The molecule has 5 nitrogen and oxygen atoms in total. The van der Waals surface area contributed by atoms with Gasteiger partial charge in [0.25, 0.3) is 10.0 Å². The molecule has 2 rings (SSSR count). The van der Waals surface area contributed by atoms with Gasteiger partial charge in [-0.2, -0.15) is 0 Å². The molecule has 0 radical (unpaired) electrons. The number of hydrogen-bond donors (Lipinski definition) is 2. The third-order valence-corrected chi connectivity index (χ3v) is 4.76. The van der Waals surface area contributed by atoms with Crippen LogP contribution in [0.25, 0.3) is 0 Å². The lowest BCUT2D eigenvalue weighted by Crippen LogP contribution is -2.13. The molecule has 0 unspecified atom stereocenters. The van der Waals surface area contributed by atoms with Crippen LogP contribution in [0.4, 0.5) is 5.13 Å². The van der Waals surface area contributed by atoms with Crippen molar-refractivity contribution in [3.8, 4) is 0 Å². The Morgan fingerprint density at radius 2 is 2.22 bits per heavy atom. The molecule has 2 aromatic rings. The maximum Gasteiger partial charge on any atom is 0.265 e. The lowest BCUT2D eigenvalue weighted by Gasteiger charge is -2.08. The first-order valence-electron chi connectivity index (χ1n) is 4.84. The summed E-state index contributed by atoms with van der Waals surface area (Å²) in [6.45, 7) is -0.253. The Hall–Kier alpha value is -1.15. The third-order valence-electron chi connectivity index (χ3n) is 2.12. The van der Waals surface area contributed by atoms with E-state index in [1.807, 2.05) is 0 Å². The van der Waals surface area contributed by atoms with Crippen LogP contribution < -0.4 is 4.72 Å². The number of nitrogens with one attached hydrogen (secondary N) is 1. The minimum Gasteiger partial charge on any atom is -0.392 e. The molecule has 1 aromatic heterocycles. The maximum atomic E-state index is 12.1. The number of sulfonamides is 1. The summed E-state index contributed by atoms with van der Waals surface area (Å²) in [4.78, 5) is 3.76. The average Bonchev–Trinajstić information content (AvgIpc) is 2.81. The maximum absolute atomic E-state index is 12.1. The van der Waals surface area contributed by atoms with Crippen LogP contribution in [0.1, 0.15) is 5.56 Å². The van der Waals surface area contributed by atoms with Crippen LogP contribution in [0.5, 0.6) is 0 Å². The molecular weight excluding hydrogens is 296 g/mol. The second kappa shape index (κ2) is 5.23. The summed E-state index contributed by atoms with van der Waals surface area (Å²) in [7, 11) is -3.79. The van der Waals surface area contributed by atoms with Crippen LogP contribution in [0.15, 0.2) is 34.7 Å². The molecule has 0 spiro atoms. The zero-order valence-corrected chi connectivity index (χ0v) is 11.4. The monoisotopic (exact) mass is 304 g/mol. The largest absolute Gasteiger partial charge is 0.392 e. The highest BCUT2D eigenvalue weighted by Gasteiger charge is 2.19. The average molecular weight is 305 g/mol. The van der Waals surface area contributed by atoms with Gasteiger partial charge in [-0.15, -0.1) is 11.3 Å². The molecule has 0 amide bonds. The van der Waals surface area contributed by atoms with Crippen molar-refractivity contribution in [2.45, 2.75) is 11.5 Å². The first-order chi connectivity index (χ1) is 8.53. The molecule has 0 fully saturated rings. The van der Waals surface area contributed by atoms with Gasteiger partial charge in [-0.3, -0.25) is 4.72 Å². The highest BCUT2D eigenvalue weighted by Crippen LogP contribution is 2.25. The van der Waals surface area contributed by atoms with Crippen molar-refractivity contribution in [2.24, 2.45) is 0 Å². The van der Waals surface area contributed by atoms with Gasteiger partial charge < -0.3 is 5.11 Å². The SMILES string of the molecule is O=S(=O)(Nc1nccs1)c1cc(CO)ccc1Cl.